The molecule has 0 saturated carbocycles. The Labute approximate surface area is 151 Å². The minimum Gasteiger partial charge on any atom is -0.459 e. The summed E-state index contributed by atoms with van der Waals surface area (Å²) in [4.78, 5) is 25.4. The van der Waals surface area contributed by atoms with Gasteiger partial charge >= 0.3 is 11.9 Å². The first-order chi connectivity index (χ1) is 11.7. The van der Waals surface area contributed by atoms with E-state index >= 15 is 0 Å². The zero-order valence-corrected chi connectivity index (χ0v) is 16.6. The van der Waals surface area contributed by atoms with Gasteiger partial charge in [-0.3, -0.25) is 0 Å². The Hall–Kier alpha value is -1.84. The lowest BCUT2D eigenvalue weighted by Gasteiger charge is -2.22. The summed E-state index contributed by atoms with van der Waals surface area (Å²) in [6.07, 6.45) is 1.13. The number of ether oxygens (including phenoxy) is 2. The molecule has 0 aromatic heterocycles. The summed E-state index contributed by atoms with van der Waals surface area (Å²) in [6, 6.07) is 5.21. The van der Waals surface area contributed by atoms with Gasteiger partial charge in [0.15, 0.2) is 0 Å². The van der Waals surface area contributed by atoms with Gasteiger partial charge in [-0.05, 0) is 43.2 Å². The van der Waals surface area contributed by atoms with Gasteiger partial charge in [0, 0.05) is 0 Å². The highest BCUT2D eigenvalue weighted by molar-refractivity contribution is 6.04. The molecular formula is C21H32O4. The van der Waals surface area contributed by atoms with Crippen LogP contribution in [0.5, 0.6) is 0 Å². The van der Waals surface area contributed by atoms with E-state index in [1.165, 1.54) is 0 Å². The second-order valence-electron chi connectivity index (χ2n) is 7.19. The van der Waals surface area contributed by atoms with E-state index < -0.39 is 11.9 Å². The fraction of sp³-hybridized carbons (Fsp3) is 0.619. The number of benzene rings is 1. The third-order valence-electron chi connectivity index (χ3n) is 4.51. The molecule has 4 nitrogen and oxygen atoms in total. The van der Waals surface area contributed by atoms with Crippen molar-refractivity contribution in [2.24, 2.45) is 11.8 Å². The zero-order chi connectivity index (χ0) is 19.1. The van der Waals surface area contributed by atoms with Crippen LogP contribution in [0.2, 0.25) is 0 Å². The van der Waals surface area contributed by atoms with E-state index in [1.807, 2.05) is 54.5 Å². The maximum atomic E-state index is 12.7. The zero-order valence-electron chi connectivity index (χ0n) is 16.6. The molecule has 0 saturated heterocycles. The SMILES string of the molecule is CCC(OC(=O)c1cccc(C)c1C(=O)OC(CC)C(C)C)C(C)C. The fourth-order valence-corrected chi connectivity index (χ4v) is 2.89. The molecule has 25 heavy (non-hydrogen) atoms. The maximum absolute atomic E-state index is 12.7. The summed E-state index contributed by atoms with van der Waals surface area (Å²) in [5.74, 6) is -0.477. The van der Waals surface area contributed by atoms with Gasteiger partial charge in [0.25, 0.3) is 0 Å². The van der Waals surface area contributed by atoms with E-state index in [2.05, 4.69) is 0 Å². The first kappa shape index (κ1) is 21.2. The molecule has 0 bridgehead atoms. The molecule has 0 radical (unpaired) electrons. The van der Waals surface area contributed by atoms with Crippen LogP contribution in [0.25, 0.3) is 0 Å². The Balaban J connectivity index is 3.12. The van der Waals surface area contributed by atoms with Gasteiger partial charge in [-0.25, -0.2) is 9.59 Å². The van der Waals surface area contributed by atoms with E-state index in [4.69, 9.17) is 9.47 Å². The van der Waals surface area contributed by atoms with E-state index in [0.29, 0.717) is 5.56 Å². The van der Waals surface area contributed by atoms with Gasteiger partial charge in [-0.15, -0.1) is 0 Å². The van der Waals surface area contributed by atoms with Crippen molar-refractivity contribution in [1.82, 2.24) is 0 Å². The molecular weight excluding hydrogens is 316 g/mol. The molecule has 2 unspecified atom stereocenters. The van der Waals surface area contributed by atoms with Crippen LogP contribution >= 0.6 is 0 Å². The molecule has 0 aliphatic heterocycles. The molecule has 1 aromatic carbocycles. The van der Waals surface area contributed by atoms with Crippen molar-refractivity contribution in [2.75, 3.05) is 0 Å². The monoisotopic (exact) mass is 348 g/mol. The molecule has 1 rings (SSSR count). The molecule has 0 amide bonds. The third-order valence-corrected chi connectivity index (χ3v) is 4.51. The summed E-state index contributed by atoms with van der Waals surface area (Å²) < 4.78 is 11.3. The van der Waals surface area contributed by atoms with Crippen molar-refractivity contribution in [3.63, 3.8) is 0 Å². The molecule has 0 aliphatic rings. The van der Waals surface area contributed by atoms with E-state index in [0.717, 1.165) is 18.4 Å². The van der Waals surface area contributed by atoms with Crippen LogP contribution in [0.4, 0.5) is 0 Å². The Kier molecular flexibility index (Phi) is 8.14. The van der Waals surface area contributed by atoms with Crippen molar-refractivity contribution < 1.29 is 19.1 Å². The maximum Gasteiger partial charge on any atom is 0.339 e. The van der Waals surface area contributed by atoms with Crippen molar-refractivity contribution >= 4 is 11.9 Å². The van der Waals surface area contributed by atoms with Gasteiger partial charge in [0.1, 0.15) is 12.2 Å². The predicted molar refractivity (Wildman–Crippen MR) is 99.8 cm³/mol. The minimum absolute atomic E-state index is 0.170. The number of aryl methyl sites for hydroxylation is 1. The van der Waals surface area contributed by atoms with Crippen LogP contribution in [-0.2, 0) is 9.47 Å². The first-order valence-electron chi connectivity index (χ1n) is 9.24. The van der Waals surface area contributed by atoms with E-state index in [9.17, 15) is 9.59 Å². The Morgan fingerprint density at radius 2 is 1.36 bits per heavy atom. The highest BCUT2D eigenvalue weighted by Crippen LogP contribution is 2.22. The Bertz CT molecular complexity index is 590. The van der Waals surface area contributed by atoms with Gasteiger partial charge < -0.3 is 9.47 Å². The minimum atomic E-state index is -0.464. The molecule has 0 aliphatic carbocycles. The quantitative estimate of drug-likeness (QED) is 0.608. The van der Waals surface area contributed by atoms with Crippen LogP contribution in [-0.4, -0.2) is 24.1 Å². The summed E-state index contributed by atoms with van der Waals surface area (Å²) in [7, 11) is 0. The number of hydrogen-bond donors (Lipinski definition) is 0. The number of rotatable bonds is 8. The Morgan fingerprint density at radius 3 is 1.80 bits per heavy atom. The molecule has 1 aromatic rings. The van der Waals surface area contributed by atoms with E-state index in [-0.39, 0.29) is 29.6 Å². The smallest absolute Gasteiger partial charge is 0.339 e. The van der Waals surface area contributed by atoms with Gasteiger partial charge in [0.05, 0.1) is 11.1 Å². The van der Waals surface area contributed by atoms with Crippen molar-refractivity contribution in [3.05, 3.63) is 34.9 Å². The highest BCUT2D eigenvalue weighted by Gasteiger charge is 2.26. The Morgan fingerprint density at radius 1 is 0.880 bits per heavy atom. The van der Waals surface area contributed by atoms with Crippen LogP contribution < -0.4 is 0 Å². The lowest BCUT2D eigenvalue weighted by Crippen LogP contribution is -2.27. The second-order valence-corrected chi connectivity index (χ2v) is 7.19. The lowest BCUT2D eigenvalue weighted by atomic mass is 10.0. The number of hydrogen-bond acceptors (Lipinski definition) is 4. The fourth-order valence-electron chi connectivity index (χ4n) is 2.89. The summed E-state index contributed by atoms with van der Waals surface area (Å²) in [5.41, 5.74) is 1.31. The van der Waals surface area contributed by atoms with Gasteiger partial charge in [0.2, 0.25) is 0 Å². The average molecular weight is 348 g/mol. The van der Waals surface area contributed by atoms with E-state index in [1.54, 1.807) is 12.1 Å². The largest absolute Gasteiger partial charge is 0.459 e. The second kappa shape index (κ2) is 9.59. The normalized spacial score (nSPS) is 13.6. The molecule has 0 heterocycles. The molecule has 0 fully saturated rings. The average Bonchev–Trinajstić information content (AvgIpc) is 2.56. The first-order valence-corrected chi connectivity index (χ1v) is 9.24. The third kappa shape index (κ3) is 5.58. The number of carbonyl (C=O) groups is 2. The van der Waals surface area contributed by atoms with Crippen LogP contribution in [0, 0.1) is 18.8 Å². The number of esters is 2. The molecule has 0 N–H and O–H groups in total. The van der Waals surface area contributed by atoms with Crippen molar-refractivity contribution in [3.8, 4) is 0 Å². The molecule has 140 valence electrons. The molecule has 4 heteroatoms. The van der Waals surface area contributed by atoms with Crippen molar-refractivity contribution in [2.45, 2.75) is 73.5 Å². The molecule has 2 atom stereocenters. The topological polar surface area (TPSA) is 52.6 Å². The molecule has 0 spiro atoms. The highest BCUT2D eigenvalue weighted by atomic mass is 16.6. The predicted octanol–water partition coefficient (Wildman–Crippen LogP) is 5.18. The van der Waals surface area contributed by atoms with Crippen molar-refractivity contribution in [1.29, 1.82) is 0 Å². The summed E-state index contributed by atoms with van der Waals surface area (Å²) in [6.45, 7) is 13.8. The van der Waals surface area contributed by atoms with Gasteiger partial charge in [-0.1, -0.05) is 53.7 Å². The van der Waals surface area contributed by atoms with Crippen LogP contribution in [0.3, 0.4) is 0 Å². The standard InChI is InChI=1S/C21H32O4/c1-8-17(13(3)4)24-20(22)16-12-10-11-15(7)19(16)21(23)25-18(9-2)14(5)6/h10-14,17-18H,8-9H2,1-7H3. The number of carbonyl (C=O) groups excluding carboxylic acids is 2. The lowest BCUT2D eigenvalue weighted by molar-refractivity contribution is 0.0127. The van der Waals surface area contributed by atoms with Gasteiger partial charge in [-0.2, -0.15) is 0 Å². The summed E-state index contributed by atoms with van der Waals surface area (Å²) >= 11 is 0. The summed E-state index contributed by atoms with van der Waals surface area (Å²) in [5, 5.41) is 0. The van der Waals surface area contributed by atoms with Crippen LogP contribution in [0.15, 0.2) is 18.2 Å². The van der Waals surface area contributed by atoms with Crippen LogP contribution in [0.1, 0.15) is 80.7 Å².